The van der Waals surface area contributed by atoms with Crippen LogP contribution in [0.4, 0.5) is 16.5 Å². The van der Waals surface area contributed by atoms with Crippen LogP contribution in [0.2, 0.25) is 0 Å². The summed E-state index contributed by atoms with van der Waals surface area (Å²) in [6.07, 6.45) is 1.57. The van der Waals surface area contributed by atoms with Crippen molar-refractivity contribution in [3.05, 3.63) is 63.1 Å². The van der Waals surface area contributed by atoms with Gasteiger partial charge < -0.3 is 19.5 Å². The SMILES string of the molecule is COc1cc(C(=O)Nc2ccc(C(=O)Nc3nccs3)cc2)c([N+](=O)[O-])c(OC)c1OC. The van der Waals surface area contributed by atoms with Crippen LogP contribution in [0, 0.1) is 10.1 Å². The Hall–Kier alpha value is -4.19. The van der Waals surface area contributed by atoms with Gasteiger partial charge in [-0.15, -0.1) is 11.3 Å². The van der Waals surface area contributed by atoms with Crippen molar-refractivity contribution in [3.8, 4) is 17.2 Å². The van der Waals surface area contributed by atoms with Crippen LogP contribution in [-0.2, 0) is 0 Å². The Bertz CT molecular complexity index is 1150. The van der Waals surface area contributed by atoms with Gasteiger partial charge in [-0.3, -0.25) is 25.0 Å². The van der Waals surface area contributed by atoms with Crippen LogP contribution < -0.4 is 24.8 Å². The Kier molecular flexibility index (Phi) is 6.85. The van der Waals surface area contributed by atoms with Crippen molar-refractivity contribution >= 4 is 39.7 Å². The second kappa shape index (κ2) is 9.75. The highest BCUT2D eigenvalue weighted by Gasteiger charge is 2.32. The standard InChI is InChI=1S/C20H18N4O7S/c1-29-14-10-13(15(24(27)28)17(31-3)16(14)30-2)19(26)22-12-6-4-11(5-7-12)18(25)23-20-21-8-9-32-20/h4-10H,1-3H3,(H,22,26)(H,21,23,25). The first-order valence-corrected chi connectivity index (χ1v) is 9.87. The van der Waals surface area contributed by atoms with Crippen molar-refractivity contribution in [1.82, 2.24) is 4.98 Å². The van der Waals surface area contributed by atoms with Crippen LogP contribution in [0.25, 0.3) is 0 Å². The molecule has 0 radical (unpaired) electrons. The average Bonchev–Trinajstić information content (AvgIpc) is 3.30. The summed E-state index contributed by atoms with van der Waals surface area (Å²) in [5, 5.41) is 19.1. The monoisotopic (exact) mass is 458 g/mol. The molecule has 3 aromatic rings. The summed E-state index contributed by atoms with van der Waals surface area (Å²) in [6, 6.07) is 7.20. The molecule has 12 heteroatoms. The maximum atomic E-state index is 12.9. The fourth-order valence-electron chi connectivity index (χ4n) is 2.85. The van der Waals surface area contributed by atoms with Crippen molar-refractivity contribution in [3.63, 3.8) is 0 Å². The molecule has 0 aliphatic rings. The van der Waals surface area contributed by atoms with Gasteiger partial charge in [-0.25, -0.2) is 4.98 Å². The van der Waals surface area contributed by atoms with Crippen molar-refractivity contribution in [2.24, 2.45) is 0 Å². The van der Waals surface area contributed by atoms with Gasteiger partial charge in [0, 0.05) is 28.9 Å². The number of nitro groups is 1. The van der Waals surface area contributed by atoms with Gasteiger partial charge in [-0.05, 0) is 24.3 Å². The van der Waals surface area contributed by atoms with E-state index in [0.717, 1.165) is 0 Å². The largest absolute Gasteiger partial charge is 0.493 e. The maximum Gasteiger partial charge on any atom is 0.327 e. The molecule has 166 valence electrons. The highest BCUT2D eigenvalue weighted by molar-refractivity contribution is 7.13. The summed E-state index contributed by atoms with van der Waals surface area (Å²) in [7, 11) is 3.86. The third-order valence-corrected chi connectivity index (χ3v) is 4.98. The molecule has 2 N–H and O–H groups in total. The molecule has 0 saturated carbocycles. The predicted molar refractivity (Wildman–Crippen MR) is 117 cm³/mol. The zero-order valence-corrected chi connectivity index (χ0v) is 18.0. The van der Waals surface area contributed by atoms with E-state index < -0.39 is 16.5 Å². The molecule has 32 heavy (non-hydrogen) atoms. The van der Waals surface area contributed by atoms with Crippen LogP contribution in [0.5, 0.6) is 17.2 Å². The Morgan fingerprint density at radius 1 is 1.00 bits per heavy atom. The third kappa shape index (κ3) is 4.59. The third-order valence-electron chi connectivity index (χ3n) is 4.29. The summed E-state index contributed by atoms with van der Waals surface area (Å²) in [6.45, 7) is 0. The highest BCUT2D eigenvalue weighted by atomic mass is 32.1. The molecule has 0 fully saturated rings. The van der Waals surface area contributed by atoms with Crippen LogP contribution >= 0.6 is 11.3 Å². The molecule has 2 amide bonds. The number of nitrogens with one attached hydrogen (secondary N) is 2. The average molecular weight is 458 g/mol. The van der Waals surface area contributed by atoms with Gasteiger partial charge in [0.05, 0.1) is 26.3 Å². The van der Waals surface area contributed by atoms with Crippen LogP contribution in [0.3, 0.4) is 0 Å². The van der Waals surface area contributed by atoms with Gasteiger partial charge in [0.15, 0.2) is 10.9 Å². The van der Waals surface area contributed by atoms with Gasteiger partial charge >= 0.3 is 5.69 Å². The minimum atomic E-state index is -0.768. The number of amides is 2. The molecule has 0 unspecified atom stereocenters. The summed E-state index contributed by atoms with van der Waals surface area (Å²) in [4.78, 5) is 40.0. The summed E-state index contributed by atoms with van der Waals surface area (Å²) in [5.41, 5.74) is -0.182. The van der Waals surface area contributed by atoms with E-state index in [9.17, 15) is 19.7 Å². The van der Waals surface area contributed by atoms with E-state index in [2.05, 4.69) is 15.6 Å². The Morgan fingerprint density at radius 3 is 2.22 bits per heavy atom. The molecule has 1 aromatic heterocycles. The van der Waals surface area contributed by atoms with Gasteiger partial charge in [0.2, 0.25) is 11.5 Å². The number of hydrogen-bond acceptors (Lipinski definition) is 9. The smallest absolute Gasteiger partial charge is 0.327 e. The number of carbonyl (C=O) groups is 2. The quantitative estimate of drug-likeness (QED) is 0.385. The van der Waals surface area contributed by atoms with Crippen molar-refractivity contribution in [2.75, 3.05) is 32.0 Å². The number of hydrogen-bond donors (Lipinski definition) is 2. The van der Waals surface area contributed by atoms with E-state index in [0.29, 0.717) is 16.4 Å². The zero-order chi connectivity index (χ0) is 23.3. The molecule has 3 rings (SSSR count). The molecule has 0 atom stereocenters. The second-order valence-electron chi connectivity index (χ2n) is 6.12. The number of nitrogens with zero attached hydrogens (tertiary/aromatic N) is 2. The fourth-order valence-corrected chi connectivity index (χ4v) is 3.38. The number of methoxy groups -OCH3 is 3. The lowest BCUT2D eigenvalue weighted by atomic mass is 10.1. The highest BCUT2D eigenvalue weighted by Crippen LogP contribution is 2.46. The van der Waals surface area contributed by atoms with Crippen LogP contribution in [-0.4, -0.2) is 43.1 Å². The van der Waals surface area contributed by atoms with Crippen LogP contribution in [0.15, 0.2) is 41.9 Å². The van der Waals surface area contributed by atoms with E-state index in [1.165, 1.54) is 63.0 Å². The molecule has 1 heterocycles. The van der Waals surface area contributed by atoms with Crippen molar-refractivity contribution < 1.29 is 28.7 Å². The van der Waals surface area contributed by atoms with E-state index in [1.807, 2.05) is 0 Å². The lowest BCUT2D eigenvalue weighted by Crippen LogP contribution is -2.16. The van der Waals surface area contributed by atoms with E-state index in [4.69, 9.17) is 14.2 Å². The lowest BCUT2D eigenvalue weighted by molar-refractivity contribution is -0.386. The molecule has 0 aliphatic carbocycles. The van der Waals surface area contributed by atoms with Gasteiger partial charge in [-0.1, -0.05) is 0 Å². The predicted octanol–water partition coefficient (Wildman–Crippen LogP) is 3.58. The van der Waals surface area contributed by atoms with Crippen LogP contribution in [0.1, 0.15) is 20.7 Å². The van der Waals surface area contributed by atoms with E-state index in [1.54, 1.807) is 11.6 Å². The molecule has 0 bridgehead atoms. The number of nitro benzene ring substituents is 1. The second-order valence-corrected chi connectivity index (χ2v) is 7.02. The molecule has 0 saturated heterocycles. The fraction of sp³-hybridized carbons (Fsp3) is 0.150. The number of anilines is 2. The number of benzene rings is 2. The normalized spacial score (nSPS) is 10.2. The topological polar surface area (TPSA) is 142 Å². The molecular weight excluding hydrogens is 440 g/mol. The first-order valence-electron chi connectivity index (χ1n) is 8.99. The molecule has 2 aromatic carbocycles. The molecule has 0 spiro atoms. The maximum absolute atomic E-state index is 12.9. The number of ether oxygens (including phenoxy) is 3. The lowest BCUT2D eigenvalue weighted by Gasteiger charge is -2.15. The van der Waals surface area contributed by atoms with Gasteiger partial charge in [-0.2, -0.15) is 0 Å². The molecular formula is C20H18N4O7S. The van der Waals surface area contributed by atoms with E-state index in [-0.39, 0.29) is 28.7 Å². The van der Waals surface area contributed by atoms with Crippen molar-refractivity contribution in [1.29, 1.82) is 0 Å². The summed E-state index contributed by atoms with van der Waals surface area (Å²) >= 11 is 1.28. The Balaban J connectivity index is 1.86. The molecule has 0 aliphatic heterocycles. The van der Waals surface area contributed by atoms with Gasteiger partial charge in [0.1, 0.15) is 5.56 Å². The number of aromatic nitrogens is 1. The number of thiazole rings is 1. The van der Waals surface area contributed by atoms with E-state index >= 15 is 0 Å². The first-order chi connectivity index (χ1) is 15.4. The first kappa shape index (κ1) is 22.5. The summed E-state index contributed by atoms with van der Waals surface area (Å²) < 4.78 is 15.5. The van der Waals surface area contributed by atoms with Crippen molar-refractivity contribution in [2.45, 2.75) is 0 Å². The summed E-state index contributed by atoms with van der Waals surface area (Å²) in [5.74, 6) is -1.28. The zero-order valence-electron chi connectivity index (χ0n) is 17.2. The Morgan fingerprint density at radius 2 is 1.69 bits per heavy atom. The van der Waals surface area contributed by atoms with Gasteiger partial charge in [0.25, 0.3) is 11.8 Å². The minimum Gasteiger partial charge on any atom is -0.493 e. The number of rotatable bonds is 8. The molecule has 11 nitrogen and oxygen atoms in total. The Labute approximate surface area is 186 Å². The number of carbonyl (C=O) groups excluding carboxylic acids is 2. The minimum absolute atomic E-state index is 0.00570.